The van der Waals surface area contributed by atoms with Crippen LogP contribution in [0.5, 0.6) is 0 Å². The van der Waals surface area contributed by atoms with Gasteiger partial charge in [-0.05, 0) is 34.9 Å². The average molecular weight is 229 g/mol. The number of hydrogen-bond donors (Lipinski definition) is 0. The van der Waals surface area contributed by atoms with Crippen molar-refractivity contribution in [3.8, 4) is 11.8 Å². The van der Waals surface area contributed by atoms with E-state index in [2.05, 4.69) is 35.0 Å². The first-order valence-electron chi connectivity index (χ1n) is 5.84. The highest BCUT2D eigenvalue weighted by Gasteiger charge is 1.96. The Morgan fingerprint density at radius 2 is 1.56 bits per heavy atom. The molecule has 0 atom stereocenters. The molecule has 0 aliphatic heterocycles. The molecule has 3 aromatic rings. The minimum Gasteiger partial charge on any atom is -0.248 e. The molecule has 0 saturated carbocycles. The van der Waals surface area contributed by atoms with E-state index < -0.39 is 0 Å². The van der Waals surface area contributed by atoms with Crippen LogP contribution in [0.15, 0.2) is 66.9 Å². The van der Waals surface area contributed by atoms with Crippen molar-refractivity contribution >= 4 is 10.8 Å². The van der Waals surface area contributed by atoms with Crippen LogP contribution in [0.25, 0.3) is 10.8 Å². The highest BCUT2D eigenvalue weighted by molar-refractivity contribution is 5.88. The van der Waals surface area contributed by atoms with E-state index in [1.165, 1.54) is 10.8 Å². The molecule has 18 heavy (non-hydrogen) atoms. The van der Waals surface area contributed by atoms with Gasteiger partial charge in [0.2, 0.25) is 0 Å². The summed E-state index contributed by atoms with van der Waals surface area (Å²) in [7, 11) is 0. The molecule has 1 heterocycles. The van der Waals surface area contributed by atoms with E-state index in [0.29, 0.717) is 0 Å². The lowest BCUT2D eigenvalue weighted by atomic mass is 10.1. The molecule has 0 fully saturated rings. The third-order valence-electron chi connectivity index (χ3n) is 2.78. The Hall–Kier alpha value is -2.59. The van der Waals surface area contributed by atoms with E-state index in [4.69, 9.17) is 0 Å². The standard InChI is InChI=1S/C17H11N/c1-2-10-17-14(6-1)7-5-8-15(17)11-12-16-9-3-4-13-18-16/h1-10,13H. The predicted molar refractivity (Wildman–Crippen MR) is 74.2 cm³/mol. The first kappa shape index (κ1) is 10.6. The molecule has 1 aromatic heterocycles. The van der Waals surface area contributed by atoms with Crippen LogP contribution in [0.1, 0.15) is 11.3 Å². The van der Waals surface area contributed by atoms with Crippen molar-refractivity contribution in [1.29, 1.82) is 0 Å². The zero-order valence-electron chi connectivity index (χ0n) is 9.80. The van der Waals surface area contributed by atoms with E-state index >= 15 is 0 Å². The van der Waals surface area contributed by atoms with Gasteiger partial charge in [-0.15, -0.1) is 0 Å². The monoisotopic (exact) mass is 229 g/mol. The van der Waals surface area contributed by atoms with Gasteiger partial charge in [0.25, 0.3) is 0 Å². The van der Waals surface area contributed by atoms with Crippen LogP contribution in [-0.2, 0) is 0 Å². The van der Waals surface area contributed by atoms with Crippen LogP contribution in [0, 0.1) is 11.8 Å². The molecular formula is C17H11N. The van der Waals surface area contributed by atoms with Gasteiger partial charge in [-0.2, -0.15) is 0 Å². The molecule has 3 rings (SSSR count). The molecular weight excluding hydrogens is 218 g/mol. The van der Waals surface area contributed by atoms with Crippen LogP contribution >= 0.6 is 0 Å². The van der Waals surface area contributed by atoms with Crippen molar-refractivity contribution < 1.29 is 0 Å². The normalized spacial score (nSPS) is 9.78. The quantitative estimate of drug-likeness (QED) is 0.536. The van der Waals surface area contributed by atoms with E-state index in [1.54, 1.807) is 6.20 Å². The van der Waals surface area contributed by atoms with Crippen molar-refractivity contribution in [2.45, 2.75) is 0 Å². The number of pyridine rings is 1. The predicted octanol–water partition coefficient (Wildman–Crippen LogP) is 3.63. The summed E-state index contributed by atoms with van der Waals surface area (Å²) in [5.74, 6) is 6.28. The molecule has 0 amide bonds. The summed E-state index contributed by atoms with van der Waals surface area (Å²) in [6.07, 6.45) is 1.76. The lowest BCUT2D eigenvalue weighted by Gasteiger charge is -1.99. The summed E-state index contributed by atoms with van der Waals surface area (Å²) in [4.78, 5) is 4.20. The van der Waals surface area contributed by atoms with Gasteiger partial charge in [0.15, 0.2) is 0 Å². The first-order valence-corrected chi connectivity index (χ1v) is 5.84. The van der Waals surface area contributed by atoms with Gasteiger partial charge in [-0.1, -0.05) is 48.4 Å². The van der Waals surface area contributed by atoms with Crippen molar-refractivity contribution in [3.05, 3.63) is 78.1 Å². The Morgan fingerprint density at radius 3 is 2.44 bits per heavy atom. The van der Waals surface area contributed by atoms with Crippen molar-refractivity contribution in [3.63, 3.8) is 0 Å². The highest BCUT2D eigenvalue weighted by Crippen LogP contribution is 2.17. The van der Waals surface area contributed by atoms with Crippen LogP contribution in [0.2, 0.25) is 0 Å². The third kappa shape index (κ3) is 2.09. The van der Waals surface area contributed by atoms with Crippen molar-refractivity contribution in [2.75, 3.05) is 0 Å². The van der Waals surface area contributed by atoms with Gasteiger partial charge >= 0.3 is 0 Å². The summed E-state index contributed by atoms with van der Waals surface area (Å²) in [6.45, 7) is 0. The molecule has 0 unspecified atom stereocenters. The zero-order valence-corrected chi connectivity index (χ0v) is 9.80. The van der Waals surface area contributed by atoms with E-state index in [9.17, 15) is 0 Å². The molecule has 0 aliphatic carbocycles. The van der Waals surface area contributed by atoms with E-state index in [1.807, 2.05) is 42.5 Å². The summed E-state index contributed by atoms with van der Waals surface area (Å²) in [5.41, 5.74) is 1.84. The fourth-order valence-corrected chi connectivity index (χ4v) is 1.90. The number of benzene rings is 2. The average Bonchev–Trinajstić information content (AvgIpc) is 2.46. The second-order valence-electron chi connectivity index (χ2n) is 3.99. The summed E-state index contributed by atoms with van der Waals surface area (Å²) >= 11 is 0. The summed E-state index contributed by atoms with van der Waals surface area (Å²) in [5, 5.41) is 2.40. The maximum absolute atomic E-state index is 4.20. The van der Waals surface area contributed by atoms with Crippen LogP contribution < -0.4 is 0 Å². The SMILES string of the molecule is C(#Cc1cccc2ccccc12)c1ccccn1. The molecule has 0 spiro atoms. The molecule has 2 aromatic carbocycles. The Morgan fingerprint density at radius 1 is 0.722 bits per heavy atom. The highest BCUT2D eigenvalue weighted by atomic mass is 14.6. The smallest absolute Gasteiger partial charge is 0.113 e. The number of hydrogen-bond acceptors (Lipinski definition) is 1. The van der Waals surface area contributed by atoms with Crippen molar-refractivity contribution in [2.24, 2.45) is 0 Å². The first-order chi connectivity index (χ1) is 8.93. The number of nitrogens with zero attached hydrogens (tertiary/aromatic N) is 1. The number of rotatable bonds is 0. The Balaban J connectivity index is 2.09. The van der Waals surface area contributed by atoms with Crippen LogP contribution in [0.4, 0.5) is 0 Å². The Labute approximate surface area is 106 Å². The van der Waals surface area contributed by atoms with Gasteiger partial charge < -0.3 is 0 Å². The topological polar surface area (TPSA) is 12.9 Å². The summed E-state index contributed by atoms with van der Waals surface area (Å²) in [6, 6.07) is 20.2. The van der Waals surface area contributed by atoms with Gasteiger partial charge in [0.1, 0.15) is 5.69 Å². The van der Waals surface area contributed by atoms with Gasteiger partial charge in [-0.3, -0.25) is 0 Å². The van der Waals surface area contributed by atoms with Crippen LogP contribution in [-0.4, -0.2) is 4.98 Å². The second-order valence-corrected chi connectivity index (χ2v) is 3.99. The molecule has 1 heteroatoms. The van der Waals surface area contributed by atoms with E-state index in [-0.39, 0.29) is 0 Å². The largest absolute Gasteiger partial charge is 0.248 e. The lowest BCUT2D eigenvalue weighted by Crippen LogP contribution is -1.81. The maximum Gasteiger partial charge on any atom is 0.113 e. The number of aromatic nitrogens is 1. The second kappa shape index (κ2) is 4.73. The third-order valence-corrected chi connectivity index (χ3v) is 2.78. The number of fused-ring (bicyclic) bond motifs is 1. The minimum atomic E-state index is 0.797. The van der Waals surface area contributed by atoms with Gasteiger partial charge in [0.05, 0.1) is 0 Å². The fraction of sp³-hybridized carbons (Fsp3) is 0. The molecule has 0 saturated heterocycles. The molecule has 1 nitrogen and oxygen atoms in total. The molecule has 84 valence electrons. The summed E-state index contributed by atoms with van der Waals surface area (Å²) < 4.78 is 0. The lowest BCUT2D eigenvalue weighted by molar-refractivity contribution is 1.29. The minimum absolute atomic E-state index is 0.797. The Kier molecular flexibility index (Phi) is 2.77. The van der Waals surface area contributed by atoms with Gasteiger partial charge in [0, 0.05) is 11.8 Å². The molecule has 0 N–H and O–H groups in total. The Bertz CT molecular complexity index is 728. The van der Waals surface area contributed by atoms with E-state index in [0.717, 1.165) is 11.3 Å². The van der Waals surface area contributed by atoms with Gasteiger partial charge in [-0.25, -0.2) is 4.98 Å². The molecule has 0 aliphatic rings. The molecule has 0 radical (unpaired) electrons. The fourth-order valence-electron chi connectivity index (χ4n) is 1.90. The van der Waals surface area contributed by atoms with Crippen molar-refractivity contribution in [1.82, 2.24) is 4.98 Å². The zero-order chi connectivity index (χ0) is 12.2. The molecule has 0 bridgehead atoms. The maximum atomic E-state index is 4.20. The van der Waals surface area contributed by atoms with Crippen LogP contribution in [0.3, 0.4) is 0 Å².